The summed E-state index contributed by atoms with van der Waals surface area (Å²) in [6, 6.07) is 4.10. The van der Waals surface area contributed by atoms with E-state index >= 15 is 0 Å². The van der Waals surface area contributed by atoms with Crippen molar-refractivity contribution < 1.29 is 9.84 Å². The molecule has 0 unspecified atom stereocenters. The molecule has 0 atom stereocenters. The van der Waals surface area contributed by atoms with Crippen LogP contribution in [0.3, 0.4) is 0 Å². The number of phenols is 1. The number of piperidine rings is 1. The largest absolute Gasteiger partial charge is 0.504 e. The fourth-order valence-corrected chi connectivity index (χ4v) is 2.58. The van der Waals surface area contributed by atoms with E-state index in [-0.39, 0.29) is 0 Å². The SMILES string of the molecule is COc1cc(C(C)C)cc(C2CCNCC2)c1O. The molecule has 2 N–H and O–H groups in total. The Morgan fingerprint density at radius 3 is 2.50 bits per heavy atom. The quantitative estimate of drug-likeness (QED) is 0.865. The molecule has 1 heterocycles. The van der Waals surface area contributed by atoms with Crippen LogP contribution in [0.4, 0.5) is 0 Å². The summed E-state index contributed by atoms with van der Waals surface area (Å²) >= 11 is 0. The maximum absolute atomic E-state index is 10.3. The van der Waals surface area contributed by atoms with E-state index in [9.17, 15) is 5.11 Å². The van der Waals surface area contributed by atoms with Gasteiger partial charge in [0.05, 0.1) is 7.11 Å². The second kappa shape index (κ2) is 5.61. The third-order valence-corrected chi connectivity index (χ3v) is 3.79. The number of nitrogens with one attached hydrogen (secondary N) is 1. The molecule has 0 aromatic heterocycles. The first-order valence-corrected chi connectivity index (χ1v) is 6.75. The van der Waals surface area contributed by atoms with Crippen molar-refractivity contribution >= 4 is 0 Å². The fourth-order valence-electron chi connectivity index (χ4n) is 2.58. The lowest BCUT2D eigenvalue weighted by Crippen LogP contribution is -2.26. The van der Waals surface area contributed by atoms with Gasteiger partial charge in [-0.1, -0.05) is 19.9 Å². The van der Waals surface area contributed by atoms with Crippen molar-refractivity contribution in [2.24, 2.45) is 0 Å². The minimum atomic E-state index is 0.328. The average molecular weight is 249 g/mol. The molecule has 1 saturated heterocycles. The third-order valence-electron chi connectivity index (χ3n) is 3.79. The minimum absolute atomic E-state index is 0.328. The van der Waals surface area contributed by atoms with E-state index in [0.717, 1.165) is 31.5 Å². The van der Waals surface area contributed by atoms with Crippen molar-refractivity contribution in [1.29, 1.82) is 0 Å². The number of hydrogen-bond donors (Lipinski definition) is 2. The van der Waals surface area contributed by atoms with Gasteiger partial charge in [-0.25, -0.2) is 0 Å². The first kappa shape index (κ1) is 13.2. The molecule has 18 heavy (non-hydrogen) atoms. The van der Waals surface area contributed by atoms with Gasteiger partial charge in [0.25, 0.3) is 0 Å². The van der Waals surface area contributed by atoms with E-state index in [1.807, 2.05) is 6.07 Å². The Kier molecular flexibility index (Phi) is 4.12. The van der Waals surface area contributed by atoms with E-state index in [4.69, 9.17) is 4.74 Å². The molecule has 3 heteroatoms. The standard InChI is InChI=1S/C15H23NO2/c1-10(2)12-8-13(11-4-6-16-7-5-11)15(17)14(9-12)18-3/h8-11,16-17H,4-7H2,1-3H3. The Bertz CT molecular complexity index is 409. The van der Waals surface area contributed by atoms with E-state index in [2.05, 4.69) is 25.2 Å². The summed E-state index contributed by atoms with van der Waals surface area (Å²) in [6.45, 7) is 6.38. The monoisotopic (exact) mass is 249 g/mol. The lowest BCUT2D eigenvalue weighted by Gasteiger charge is -2.25. The smallest absolute Gasteiger partial charge is 0.161 e. The zero-order valence-electron chi connectivity index (χ0n) is 11.5. The molecule has 2 rings (SSSR count). The number of methoxy groups -OCH3 is 1. The lowest BCUT2D eigenvalue weighted by molar-refractivity contribution is 0.362. The molecule has 0 bridgehead atoms. The van der Waals surface area contributed by atoms with E-state index in [1.54, 1.807) is 7.11 Å². The van der Waals surface area contributed by atoms with Crippen LogP contribution in [0.15, 0.2) is 12.1 Å². The second-order valence-electron chi connectivity index (χ2n) is 5.34. The van der Waals surface area contributed by atoms with Gasteiger partial charge in [-0.05, 0) is 49.4 Å². The molecular weight excluding hydrogens is 226 g/mol. The highest BCUT2D eigenvalue weighted by molar-refractivity contribution is 5.50. The van der Waals surface area contributed by atoms with Crippen LogP contribution in [0.5, 0.6) is 11.5 Å². The summed E-state index contributed by atoms with van der Waals surface area (Å²) in [7, 11) is 1.62. The van der Waals surface area contributed by atoms with Crippen LogP contribution < -0.4 is 10.1 Å². The predicted octanol–water partition coefficient (Wildman–Crippen LogP) is 2.99. The Morgan fingerprint density at radius 1 is 1.28 bits per heavy atom. The topological polar surface area (TPSA) is 41.5 Å². The van der Waals surface area contributed by atoms with Gasteiger partial charge in [0.15, 0.2) is 11.5 Å². The number of phenolic OH excluding ortho intramolecular Hbond substituents is 1. The van der Waals surface area contributed by atoms with Crippen LogP contribution >= 0.6 is 0 Å². The highest BCUT2D eigenvalue weighted by Crippen LogP contribution is 2.40. The van der Waals surface area contributed by atoms with E-state index in [1.165, 1.54) is 5.56 Å². The maximum atomic E-state index is 10.3. The van der Waals surface area contributed by atoms with Crippen molar-refractivity contribution in [2.45, 2.75) is 38.5 Å². The zero-order valence-corrected chi connectivity index (χ0v) is 11.5. The molecule has 3 nitrogen and oxygen atoms in total. The first-order valence-electron chi connectivity index (χ1n) is 6.75. The fraction of sp³-hybridized carbons (Fsp3) is 0.600. The predicted molar refractivity (Wildman–Crippen MR) is 73.6 cm³/mol. The lowest BCUT2D eigenvalue weighted by atomic mass is 9.87. The number of benzene rings is 1. The molecule has 1 aromatic carbocycles. The van der Waals surface area contributed by atoms with Crippen LogP contribution in [0.1, 0.15) is 49.7 Å². The summed E-state index contributed by atoms with van der Waals surface area (Å²) in [5, 5.41) is 13.7. The van der Waals surface area contributed by atoms with Crippen molar-refractivity contribution in [2.75, 3.05) is 20.2 Å². The van der Waals surface area contributed by atoms with Gasteiger partial charge < -0.3 is 15.2 Å². The molecular formula is C15H23NO2. The Hall–Kier alpha value is -1.22. The normalized spacial score (nSPS) is 17.1. The summed E-state index contributed by atoms with van der Waals surface area (Å²) in [6.07, 6.45) is 2.16. The van der Waals surface area contributed by atoms with Crippen molar-refractivity contribution in [3.8, 4) is 11.5 Å². The first-order chi connectivity index (χ1) is 8.63. The van der Waals surface area contributed by atoms with Crippen LogP contribution in [-0.4, -0.2) is 25.3 Å². The Balaban J connectivity index is 2.40. The van der Waals surface area contributed by atoms with Gasteiger partial charge in [-0.2, -0.15) is 0 Å². The molecule has 100 valence electrons. The summed E-state index contributed by atoms with van der Waals surface area (Å²) in [4.78, 5) is 0. The number of aromatic hydroxyl groups is 1. The molecule has 0 saturated carbocycles. The van der Waals surface area contributed by atoms with E-state index < -0.39 is 0 Å². The van der Waals surface area contributed by atoms with Gasteiger partial charge in [0.1, 0.15) is 0 Å². The summed E-state index contributed by atoms with van der Waals surface area (Å²) < 4.78 is 5.30. The van der Waals surface area contributed by atoms with Crippen molar-refractivity contribution in [3.63, 3.8) is 0 Å². The molecule has 0 spiro atoms. The summed E-state index contributed by atoms with van der Waals surface area (Å²) in [5.74, 6) is 1.82. The average Bonchev–Trinajstić information content (AvgIpc) is 2.39. The van der Waals surface area contributed by atoms with Crippen molar-refractivity contribution in [1.82, 2.24) is 5.32 Å². The Morgan fingerprint density at radius 2 is 1.94 bits per heavy atom. The molecule has 0 radical (unpaired) electrons. The molecule has 1 aromatic rings. The number of ether oxygens (including phenoxy) is 1. The number of rotatable bonds is 3. The maximum Gasteiger partial charge on any atom is 0.161 e. The van der Waals surface area contributed by atoms with Gasteiger partial charge in [0.2, 0.25) is 0 Å². The van der Waals surface area contributed by atoms with Crippen LogP contribution in [-0.2, 0) is 0 Å². The number of hydrogen-bond acceptors (Lipinski definition) is 3. The van der Waals surface area contributed by atoms with Crippen LogP contribution in [0, 0.1) is 0 Å². The highest BCUT2D eigenvalue weighted by atomic mass is 16.5. The van der Waals surface area contributed by atoms with Crippen LogP contribution in [0.2, 0.25) is 0 Å². The van der Waals surface area contributed by atoms with Gasteiger partial charge in [0, 0.05) is 5.56 Å². The highest BCUT2D eigenvalue weighted by Gasteiger charge is 2.21. The van der Waals surface area contributed by atoms with Gasteiger partial charge in [-0.3, -0.25) is 0 Å². The van der Waals surface area contributed by atoms with Crippen molar-refractivity contribution in [3.05, 3.63) is 23.3 Å². The molecule has 1 aliphatic rings. The minimum Gasteiger partial charge on any atom is -0.504 e. The van der Waals surface area contributed by atoms with E-state index in [0.29, 0.717) is 23.3 Å². The molecule has 1 aliphatic heterocycles. The second-order valence-corrected chi connectivity index (χ2v) is 5.34. The third kappa shape index (κ3) is 2.61. The molecule has 1 fully saturated rings. The Labute approximate surface area is 109 Å². The zero-order chi connectivity index (χ0) is 13.1. The van der Waals surface area contributed by atoms with Crippen LogP contribution in [0.25, 0.3) is 0 Å². The van der Waals surface area contributed by atoms with Gasteiger partial charge in [-0.15, -0.1) is 0 Å². The molecule has 0 aliphatic carbocycles. The molecule has 0 amide bonds. The summed E-state index contributed by atoms with van der Waals surface area (Å²) in [5.41, 5.74) is 2.29. The van der Waals surface area contributed by atoms with Gasteiger partial charge >= 0.3 is 0 Å².